The molecule has 3 aromatic rings. The van der Waals surface area contributed by atoms with Crippen LogP contribution in [0.15, 0.2) is 24.5 Å². The number of benzene rings is 1. The Kier molecular flexibility index (Phi) is 5.75. The van der Waals surface area contributed by atoms with Crippen LogP contribution < -0.4 is 4.90 Å². The Bertz CT molecular complexity index is 1160. The van der Waals surface area contributed by atoms with Crippen molar-refractivity contribution in [1.29, 1.82) is 5.26 Å². The first kappa shape index (κ1) is 20.6. The van der Waals surface area contributed by atoms with Gasteiger partial charge in [-0.05, 0) is 43.4 Å². The van der Waals surface area contributed by atoms with Crippen LogP contribution in [0.2, 0.25) is 10.0 Å². The molecule has 2 aliphatic rings. The van der Waals surface area contributed by atoms with Crippen LogP contribution in [0.1, 0.15) is 29.7 Å². The van der Waals surface area contributed by atoms with E-state index in [9.17, 15) is 5.26 Å². The zero-order valence-electron chi connectivity index (χ0n) is 17.3. The summed E-state index contributed by atoms with van der Waals surface area (Å²) in [4.78, 5) is 14.0. The Hall–Kier alpha value is -2.33. The maximum absolute atomic E-state index is 9.74. The molecule has 0 N–H and O–H groups in total. The van der Waals surface area contributed by atoms with Crippen molar-refractivity contribution in [3.8, 4) is 6.07 Å². The third-order valence-electron chi connectivity index (χ3n) is 6.47. The van der Waals surface area contributed by atoms with Crippen molar-refractivity contribution >= 4 is 40.1 Å². The summed E-state index contributed by atoms with van der Waals surface area (Å²) >= 11 is 12.3. The highest BCUT2D eigenvalue weighted by Crippen LogP contribution is 2.34. The molecule has 0 bridgehead atoms. The van der Waals surface area contributed by atoms with E-state index in [0.29, 0.717) is 5.02 Å². The summed E-state index contributed by atoms with van der Waals surface area (Å²) in [5, 5.41) is 11.2. The summed E-state index contributed by atoms with van der Waals surface area (Å²) in [5.41, 5.74) is 4.84. The summed E-state index contributed by atoms with van der Waals surface area (Å²) in [6.07, 6.45) is 5.73. The quantitative estimate of drug-likeness (QED) is 0.587. The molecule has 1 fully saturated rings. The third-order valence-corrected chi connectivity index (χ3v) is 7.05. The van der Waals surface area contributed by atoms with Crippen LogP contribution in [0, 0.1) is 11.3 Å². The summed E-state index contributed by atoms with van der Waals surface area (Å²) in [6, 6.07) is 8.12. The first-order valence-corrected chi connectivity index (χ1v) is 11.6. The molecule has 2 aromatic heterocycles. The molecule has 2 aliphatic heterocycles. The molecule has 8 heteroatoms. The number of aromatic nitrogens is 3. The maximum atomic E-state index is 9.74. The van der Waals surface area contributed by atoms with Gasteiger partial charge in [-0.1, -0.05) is 29.3 Å². The van der Waals surface area contributed by atoms with E-state index in [0.717, 1.165) is 104 Å². The molecule has 0 amide bonds. The summed E-state index contributed by atoms with van der Waals surface area (Å²) in [5.74, 6) is 0.968. The van der Waals surface area contributed by atoms with Gasteiger partial charge < -0.3 is 9.47 Å². The molecule has 0 unspecified atom stereocenters. The van der Waals surface area contributed by atoms with Crippen LogP contribution in [-0.4, -0.2) is 52.2 Å². The van der Waals surface area contributed by atoms with Crippen molar-refractivity contribution in [2.75, 3.05) is 37.6 Å². The average molecular weight is 455 g/mol. The zero-order valence-corrected chi connectivity index (χ0v) is 18.8. The van der Waals surface area contributed by atoms with E-state index in [2.05, 4.69) is 30.4 Å². The van der Waals surface area contributed by atoms with Crippen LogP contribution in [-0.2, 0) is 19.4 Å². The van der Waals surface area contributed by atoms with Gasteiger partial charge in [0.1, 0.15) is 23.4 Å². The van der Waals surface area contributed by atoms with E-state index in [-0.39, 0.29) is 0 Å². The number of hydrogen-bond donors (Lipinski definition) is 0. The minimum atomic E-state index is 0.672. The number of anilines is 1. The van der Waals surface area contributed by atoms with Crippen molar-refractivity contribution < 1.29 is 0 Å². The van der Waals surface area contributed by atoms with Gasteiger partial charge in [-0.15, -0.1) is 0 Å². The van der Waals surface area contributed by atoms with E-state index in [4.69, 9.17) is 23.2 Å². The molecule has 5 rings (SSSR count). The molecule has 160 valence electrons. The summed E-state index contributed by atoms with van der Waals surface area (Å²) in [6.45, 7) is 5.65. The van der Waals surface area contributed by atoms with Crippen molar-refractivity contribution in [1.82, 2.24) is 19.4 Å². The van der Waals surface area contributed by atoms with Gasteiger partial charge in [-0.25, -0.2) is 9.97 Å². The first-order chi connectivity index (χ1) is 15.2. The average Bonchev–Trinajstić information content (AvgIpc) is 3.13. The SMILES string of the molecule is N#Cc1c2n(c3c(N4CCN(CCc5ccc(Cl)cc5Cl)CC4)ncnc13)CCCC2. The fraction of sp³-hybridized carbons (Fsp3) is 0.435. The Balaban J connectivity index is 1.32. The van der Waals surface area contributed by atoms with Gasteiger partial charge in [-0.3, -0.25) is 4.90 Å². The Morgan fingerprint density at radius 3 is 2.65 bits per heavy atom. The third kappa shape index (κ3) is 3.87. The number of hydrogen-bond acceptors (Lipinski definition) is 5. The molecule has 0 aliphatic carbocycles. The van der Waals surface area contributed by atoms with Gasteiger partial charge in [0.2, 0.25) is 0 Å². The minimum Gasteiger partial charge on any atom is -0.352 e. The lowest BCUT2D eigenvalue weighted by Crippen LogP contribution is -2.47. The molecule has 31 heavy (non-hydrogen) atoms. The van der Waals surface area contributed by atoms with Gasteiger partial charge in [0.15, 0.2) is 5.82 Å². The van der Waals surface area contributed by atoms with Crippen LogP contribution in [0.5, 0.6) is 0 Å². The van der Waals surface area contributed by atoms with Crippen molar-refractivity contribution in [3.05, 3.63) is 51.4 Å². The predicted molar refractivity (Wildman–Crippen MR) is 124 cm³/mol. The fourth-order valence-corrected chi connectivity index (χ4v) is 5.31. The summed E-state index contributed by atoms with van der Waals surface area (Å²) in [7, 11) is 0. The van der Waals surface area contributed by atoms with Crippen LogP contribution in [0.25, 0.3) is 11.0 Å². The molecule has 1 aromatic carbocycles. The second-order valence-corrected chi connectivity index (χ2v) is 9.09. The lowest BCUT2D eigenvalue weighted by atomic mass is 10.1. The van der Waals surface area contributed by atoms with Gasteiger partial charge in [0.05, 0.1) is 5.56 Å². The molecule has 0 atom stereocenters. The van der Waals surface area contributed by atoms with Crippen molar-refractivity contribution in [2.24, 2.45) is 0 Å². The van der Waals surface area contributed by atoms with E-state index >= 15 is 0 Å². The highest BCUT2D eigenvalue weighted by Gasteiger charge is 2.27. The topological polar surface area (TPSA) is 61.0 Å². The van der Waals surface area contributed by atoms with Crippen LogP contribution in [0.4, 0.5) is 5.82 Å². The van der Waals surface area contributed by atoms with Gasteiger partial charge in [-0.2, -0.15) is 5.26 Å². The molecule has 1 saturated heterocycles. The predicted octanol–water partition coefficient (Wildman–Crippen LogP) is 4.31. The second-order valence-electron chi connectivity index (χ2n) is 8.25. The number of nitrogens with zero attached hydrogens (tertiary/aromatic N) is 6. The minimum absolute atomic E-state index is 0.672. The van der Waals surface area contributed by atoms with Crippen LogP contribution in [0.3, 0.4) is 0 Å². The molecule has 4 heterocycles. The molecule has 0 spiro atoms. The van der Waals surface area contributed by atoms with Gasteiger partial charge in [0, 0.05) is 55.0 Å². The van der Waals surface area contributed by atoms with Crippen LogP contribution >= 0.6 is 23.2 Å². The Labute approximate surface area is 192 Å². The standard InChI is InChI=1S/C23H24Cl2N6/c24-17-5-4-16(19(25)13-17)6-8-29-9-11-30(12-10-29)23-22-21(27-15-28-23)18(14-26)20-3-1-2-7-31(20)22/h4-5,13,15H,1-3,6-12H2. The molecule has 0 saturated carbocycles. The number of aryl methyl sites for hydroxylation is 1. The smallest absolute Gasteiger partial charge is 0.156 e. The van der Waals surface area contributed by atoms with Crippen molar-refractivity contribution in [3.63, 3.8) is 0 Å². The number of fused-ring (bicyclic) bond motifs is 3. The van der Waals surface area contributed by atoms with Gasteiger partial charge in [0.25, 0.3) is 0 Å². The largest absolute Gasteiger partial charge is 0.352 e. The second kappa shape index (κ2) is 8.66. The van der Waals surface area contributed by atoms with E-state index in [1.807, 2.05) is 18.2 Å². The van der Waals surface area contributed by atoms with E-state index in [1.54, 1.807) is 6.33 Å². The molecule has 0 radical (unpaired) electrons. The molecular weight excluding hydrogens is 431 g/mol. The molecular formula is C23H24Cl2N6. The normalized spacial score (nSPS) is 17.0. The Morgan fingerprint density at radius 2 is 1.87 bits per heavy atom. The number of rotatable bonds is 4. The lowest BCUT2D eigenvalue weighted by Gasteiger charge is -2.35. The number of piperazine rings is 1. The Morgan fingerprint density at radius 1 is 1.03 bits per heavy atom. The monoisotopic (exact) mass is 454 g/mol. The highest BCUT2D eigenvalue weighted by molar-refractivity contribution is 6.35. The molecule has 6 nitrogen and oxygen atoms in total. The van der Waals surface area contributed by atoms with Gasteiger partial charge >= 0.3 is 0 Å². The summed E-state index contributed by atoms with van der Waals surface area (Å²) < 4.78 is 2.29. The number of nitriles is 1. The zero-order chi connectivity index (χ0) is 21.4. The van der Waals surface area contributed by atoms with E-state index < -0.39 is 0 Å². The van der Waals surface area contributed by atoms with Crippen molar-refractivity contribution in [2.45, 2.75) is 32.2 Å². The lowest BCUT2D eigenvalue weighted by molar-refractivity contribution is 0.260. The first-order valence-electron chi connectivity index (χ1n) is 10.8. The highest BCUT2D eigenvalue weighted by atomic mass is 35.5. The number of halogens is 2. The maximum Gasteiger partial charge on any atom is 0.156 e. The fourth-order valence-electron chi connectivity index (χ4n) is 4.81. The van der Waals surface area contributed by atoms with E-state index in [1.165, 1.54) is 0 Å².